The van der Waals surface area contributed by atoms with Crippen LogP contribution in [0.3, 0.4) is 0 Å². The van der Waals surface area contributed by atoms with Gasteiger partial charge in [0.2, 0.25) is 5.91 Å². The van der Waals surface area contributed by atoms with Crippen molar-refractivity contribution in [3.8, 4) is 0 Å². The lowest BCUT2D eigenvalue weighted by Gasteiger charge is -2.37. The third-order valence-electron chi connectivity index (χ3n) is 4.94. The number of rotatable bonds is 4. The van der Waals surface area contributed by atoms with E-state index < -0.39 is 0 Å². The molecule has 3 nitrogen and oxygen atoms in total. The predicted octanol–water partition coefficient (Wildman–Crippen LogP) is 3.58. The number of hydrogen-bond acceptors (Lipinski definition) is 2. The molecule has 3 heteroatoms. The van der Waals surface area contributed by atoms with E-state index in [1.807, 2.05) is 11.8 Å². The molecule has 0 unspecified atom stereocenters. The number of nitrogens with zero attached hydrogens (tertiary/aromatic N) is 1. The van der Waals surface area contributed by atoms with Crippen LogP contribution in [0.5, 0.6) is 0 Å². The highest BCUT2D eigenvalue weighted by Crippen LogP contribution is 2.19. The van der Waals surface area contributed by atoms with Crippen LogP contribution in [0.4, 0.5) is 0 Å². The van der Waals surface area contributed by atoms with Crippen LogP contribution in [0.25, 0.3) is 10.8 Å². The van der Waals surface area contributed by atoms with Gasteiger partial charge in [0.15, 0.2) is 0 Å². The van der Waals surface area contributed by atoms with E-state index in [2.05, 4.69) is 54.7 Å². The molecular formula is C20H26N2O. The Morgan fingerprint density at radius 3 is 2.74 bits per heavy atom. The van der Waals surface area contributed by atoms with E-state index in [0.29, 0.717) is 18.4 Å². The summed E-state index contributed by atoms with van der Waals surface area (Å²) in [5, 5.41) is 6.27. The Hall–Kier alpha value is -1.87. The second-order valence-corrected chi connectivity index (χ2v) is 6.63. The van der Waals surface area contributed by atoms with Gasteiger partial charge in [0, 0.05) is 32.1 Å². The normalized spacial score (nSPS) is 21.6. The topological polar surface area (TPSA) is 32.3 Å². The van der Waals surface area contributed by atoms with Crippen LogP contribution in [0.15, 0.2) is 42.5 Å². The minimum Gasteiger partial charge on any atom is -0.342 e. The van der Waals surface area contributed by atoms with Crippen molar-refractivity contribution in [2.75, 3.05) is 13.1 Å². The van der Waals surface area contributed by atoms with Crippen LogP contribution in [-0.4, -0.2) is 29.9 Å². The van der Waals surface area contributed by atoms with E-state index in [1.54, 1.807) is 0 Å². The van der Waals surface area contributed by atoms with Crippen LogP contribution in [0.1, 0.15) is 32.3 Å². The Kier molecular flexibility index (Phi) is 4.97. The minimum absolute atomic E-state index is 0.282. The van der Waals surface area contributed by atoms with E-state index in [-0.39, 0.29) is 5.91 Å². The summed E-state index contributed by atoms with van der Waals surface area (Å²) in [5.41, 5.74) is 1.32. The van der Waals surface area contributed by atoms with E-state index in [0.717, 1.165) is 26.1 Å². The molecule has 0 radical (unpaired) electrons. The van der Waals surface area contributed by atoms with Gasteiger partial charge in [-0.1, -0.05) is 50.2 Å². The monoisotopic (exact) mass is 310 g/mol. The summed E-state index contributed by atoms with van der Waals surface area (Å²) in [4.78, 5) is 13.8. The van der Waals surface area contributed by atoms with Gasteiger partial charge in [0.25, 0.3) is 0 Å². The number of piperidine rings is 1. The van der Waals surface area contributed by atoms with Crippen molar-refractivity contribution >= 4 is 16.7 Å². The largest absolute Gasteiger partial charge is 0.342 e. The Morgan fingerprint density at radius 1 is 1.22 bits per heavy atom. The van der Waals surface area contributed by atoms with E-state index in [4.69, 9.17) is 0 Å². The Balaban J connectivity index is 1.58. The highest BCUT2D eigenvalue weighted by molar-refractivity contribution is 5.83. The zero-order valence-electron chi connectivity index (χ0n) is 14.1. The zero-order chi connectivity index (χ0) is 16.2. The van der Waals surface area contributed by atoms with Crippen LogP contribution >= 0.6 is 0 Å². The lowest BCUT2D eigenvalue weighted by molar-refractivity contribution is -0.132. The summed E-state index contributed by atoms with van der Waals surface area (Å²) in [6.45, 7) is 6.83. The smallest absolute Gasteiger partial charge is 0.222 e. The standard InChI is InChI=1S/C20H26N2O/c1-3-20(23)22-11-10-19(15(2)14-22)21-13-16-8-9-17-6-4-5-7-18(17)12-16/h4-9,12,15,19,21H,3,10-11,13-14H2,1-2H3/t15-,19-/m1/s1. The summed E-state index contributed by atoms with van der Waals surface area (Å²) in [7, 11) is 0. The molecule has 0 bridgehead atoms. The van der Waals surface area contributed by atoms with Crippen LogP contribution in [0, 0.1) is 5.92 Å². The molecule has 1 aliphatic rings. The summed E-state index contributed by atoms with van der Waals surface area (Å²) in [5.74, 6) is 0.782. The molecule has 1 saturated heterocycles. The second kappa shape index (κ2) is 7.14. The molecule has 2 atom stereocenters. The van der Waals surface area contributed by atoms with Crippen molar-refractivity contribution in [3.05, 3.63) is 48.0 Å². The molecule has 1 aliphatic heterocycles. The average molecular weight is 310 g/mol. The van der Waals surface area contributed by atoms with Crippen molar-refractivity contribution in [2.45, 2.75) is 39.3 Å². The number of carbonyl (C=O) groups is 1. The minimum atomic E-state index is 0.282. The number of benzene rings is 2. The van der Waals surface area contributed by atoms with Crippen molar-refractivity contribution in [1.29, 1.82) is 0 Å². The summed E-state index contributed by atoms with van der Waals surface area (Å²) >= 11 is 0. The Labute approximate surface area is 138 Å². The van der Waals surface area contributed by atoms with Gasteiger partial charge in [0.1, 0.15) is 0 Å². The molecule has 3 rings (SSSR count). The maximum atomic E-state index is 11.8. The third kappa shape index (κ3) is 3.73. The van der Waals surface area contributed by atoms with Gasteiger partial charge >= 0.3 is 0 Å². The molecule has 0 spiro atoms. The summed E-state index contributed by atoms with van der Waals surface area (Å²) < 4.78 is 0. The first-order chi connectivity index (χ1) is 11.2. The second-order valence-electron chi connectivity index (χ2n) is 6.63. The molecule has 2 aromatic rings. The molecule has 122 valence electrons. The maximum Gasteiger partial charge on any atom is 0.222 e. The van der Waals surface area contributed by atoms with Gasteiger partial charge in [-0.15, -0.1) is 0 Å². The molecular weight excluding hydrogens is 284 g/mol. The van der Waals surface area contributed by atoms with E-state index in [9.17, 15) is 4.79 Å². The number of nitrogens with one attached hydrogen (secondary N) is 1. The first kappa shape index (κ1) is 16.0. The number of amides is 1. The number of hydrogen-bond donors (Lipinski definition) is 1. The lowest BCUT2D eigenvalue weighted by atomic mass is 9.93. The van der Waals surface area contributed by atoms with Crippen LogP contribution in [-0.2, 0) is 11.3 Å². The van der Waals surface area contributed by atoms with Crippen LogP contribution < -0.4 is 5.32 Å². The first-order valence-corrected chi connectivity index (χ1v) is 8.66. The van der Waals surface area contributed by atoms with Crippen molar-refractivity contribution in [3.63, 3.8) is 0 Å². The molecule has 1 N–H and O–H groups in total. The molecule has 23 heavy (non-hydrogen) atoms. The fraction of sp³-hybridized carbons (Fsp3) is 0.450. The average Bonchev–Trinajstić information content (AvgIpc) is 2.59. The number of carbonyl (C=O) groups excluding carboxylic acids is 1. The first-order valence-electron chi connectivity index (χ1n) is 8.66. The van der Waals surface area contributed by atoms with Crippen molar-refractivity contribution in [2.24, 2.45) is 5.92 Å². The molecule has 1 fully saturated rings. The summed E-state index contributed by atoms with van der Waals surface area (Å²) in [6.07, 6.45) is 1.66. The molecule has 0 saturated carbocycles. The fourth-order valence-corrected chi connectivity index (χ4v) is 3.50. The number of fused-ring (bicyclic) bond motifs is 1. The van der Waals surface area contributed by atoms with Gasteiger partial charge in [-0.2, -0.15) is 0 Å². The molecule has 1 amide bonds. The highest BCUT2D eigenvalue weighted by atomic mass is 16.2. The predicted molar refractivity (Wildman–Crippen MR) is 95.2 cm³/mol. The van der Waals surface area contributed by atoms with E-state index >= 15 is 0 Å². The van der Waals surface area contributed by atoms with Gasteiger partial charge in [-0.05, 0) is 34.7 Å². The quantitative estimate of drug-likeness (QED) is 0.936. The van der Waals surface area contributed by atoms with Gasteiger partial charge in [-0.25, -0.2) is 0 Å². The van der Waals surface area contributed by atoms with E-state index in [1.165, 1.54) is 16.3 Å². The maximum absolute atomic E-state index is 11.8. The number of likely N-dealkylation sites (tertiary alicyclic amines) is 1. The molecule has 0 aromatic heterocycles. The SMILES string of the molecule is CCC(=O)N1CC[C@@H](NCc2ccc3ccccc3c2)[C@H](C)C1. The zero-order valence-corrected chi connectivity index (χ0v) is 14.1. The van der Waals surface area contributed by atoms with Gasteiger partial charge in [0.05, 0.1) is 0 Å². The van der Waals surface area contributed by atoms with Gasteiger partial charge < -0.3 is 10.2 Å². The fourth-order valence-electron chi connectivity index (χ4n) is 3.50. The molecule has 0 aliphatic carbocycles. The molecule has 1 heterocycles. The van der Waals surface area contributed by atoms with Crippen molar-refractivity contribution in [1.82, 2.24) is 10.2 Å². The Morgan fingerprint density at radius 2 is 2.00 bits per heavy atom. The van der Waals surface area contributed by atoms with Gasteiger partial charge in [-0.3, -0.25) is 4.79 Å². The van der Waals surface area contributed by atoms with Crippen molar-refractivity contribution < 1.29 is 4.79 Å². The third-order valence-corrected chi connectivity index (χ3v) is 4.94. The molecule has 2 aromatic carbocycles. The highest BCUT2D eigenvalue weighted by Gasteiger charge is 2.27. The Bertz CT molecular complexity index is 682. The lowest BCUT2D eigenvalue weighted by Crippen LogP contribution is -2.49. The summed E-state index contributed by atoms with van der Waals surface area (Å²) in [6, 6.07) is 15.6. The van der Waals surface area contributed by atoms with Crippen LogP contribution in [0.2, 0.25) is 0 Å².